The van der Waals surface area contributed by atoms with Crippen LogP contribution in [-0.2, 0) is 4.79 Å². The van der Waals surface area contributed by atoms with Crippen molar-refractivity contribution in [2.24, 2.45) is 5.10 Å². The van der Waals surface area contributed by atoms with Crippen LogP contribution in [0, 0.1) is 0 Å². The molecule has 0 saturated heterocycles. The summed E-state index contributed by atoms with van der Waals surface area (Å²) in [5.41, 5.74) is 3.26. The van der Waals surface area contributed by atoms with Gasteiger partial charge in [-0.1, -0.05) is 60.1 Å². The van der Waals surface area contributed by atoms with Crippen LogP contribution in [0.15, 0.2) is 88.8 Å². The fourth-order valence-electron chi connectivity index (χ4n) is 3.24. The van der Waals surface area contributed by atoms with Crippen LogP contribution in [0.4, 0.5) is 0 Å². The first-order valence-electron chi connectivity index (χ1n) is 9.94. The Balaban J connectivity index is 1.67. The van der Waals surface area contributed by atoms with Crippen molar-refractivity contribution in [3.63, 3.8) is 0 Å². The lowest BCUT2D eigenvalue weighted by Gasteiger charge is -2.18. The van der Waals surface area contributed by atoms with E-state index in [9.17, 15) is 14.4 Å². The van der Waals surface area contributed by atoms with E-state index in [1.807, 2.05) is 0 Å². The van der Waals surface area contributed by atoms with E-state index in [4.69, 9.17) is 11.6 Å². The van der Waals surface area contributed by atoms with E-state index in [2.05, 4.69) is 26.0 Å². The van der Waals surface area contributed by atoms with Crippen LogP contribution in [0.5, 0.6) is 0 Å². The number of carbonyl (C=O) groups excluding carboxylic acids is 2. The van der Waals surface area contributed by atoms with Gasteiger partial charge in [-0.2, -0.15) is 10.2 Å². The summed E-state index contributed by atoms with van der Waals surface area (Å²) >= 11 is 5.97. The second-order valence-electron chi connectivity index (χ2n) is 7.05. The maximum absolute atomic E-state index is 13.1. The predicted molar refractivity (Wildman–Crippen MR) is 126 cm³/mol. The number of amides is 2. The third kappa shape index (κ3) is 5.13. The summed E-state index contributed by atoms with van der Waals surface area (Å²) in [4.78, 5) is 38.1. The van der Waals surface area contributed by atoms with Gasteiger partial charge < -0.3 is 5.32 Å². The minimum Gasteiger partial charge on any atom is -0.335 e. The van der Waals surface area contributed by atoms with Gasteiger partial charge in [-0.15, -0.1) is 0 Å². The van der Waals surface area contributed by atoms with Crippen molar-refractivity contribution < 1.29 is 9.59 Å². The topological polar surface area (TPSA) is 116 Å². The number of rotatable bonds is 6. The molecule has 0 spiro atoms. The normalized spacial score (nSPS) is 11.9. The third-order valence-corrected chi connectivity index (χ3v) is 5.04. The van der Waals surface area contributed by atoms with Gasteiger partial charge in [0.15, 0.2) is 6.04 Å². The van der Waals surface area contributed by atoms with E-state index < -0.39 is 23.4 Å². The maximum atomic E-state index is 13.1. The smallest absolute Gasteiger partial charge is 0.272 e. The Morgan fingerprint density at radius 3 is 2.45 bits per heavy atom. The monoisotopic (exact) mass is 459 g/mol. The van der Waals surface area contributed by atoms with Gasteiger partial charge in [0.05, 0.1) is 11.6 Å². The molecule has 8 nitrogen and oxygen atoms in total. The number of hydrogen-bond donors (Lipinski definition) is 3. The van der Waals surface area contributed by atoms with Crippen LogP contribution >= 0.6 is 11.6 Å². The first-order chi connectivity index (χ1) is 16.0. The number of nitrogens with zero attached hydrogens (tertiary/aromatic N) is 2. The molecule has 3 N–H and O–H groups in total. The lowest BCUT2D eigenvalue weighted by Crippen LogP contribution is -2.40. The number of aromatic nitrogens is 2. The Hall–Kier alpha value is -4.30. The molecule has 1 heterocycles. The molecule has 0 bridgehead atoms. The summed E-state index contributed by atoms with van der Waals surface area (Å²) in [5, 5.41) is 14.4. The van der Waals surface area contributed by atoms with E-state index in [0.717, 1.165) is 0 Å². The molecule has 1 atom stereocenters. The van der Waals surface area contributed by atoms with Gasteiger partial charge in [-0.25, -0.2) is 10.5 Å². The third-order valence-electron chi connectivity index (χ3n) is 4.81. The molecule has 0 fully saturated rings. The minimum atomic E-state index is -1.23. The van der Waals surface area contributed by atoms with Gasteiger partial charge in [-0.3, -0.25) is 14.4 Å². The van der Waals surface area contributed by atoms with E-state index in [1.165, 1.54) is 6.21 Å². The highest BCUT2D eigenvalue weighted by molar-refractivity contribution is 6.30. The number of carbonyl (C=O) groups is 2. The Bertz CT molecular complexity index is 1400. The summed E-state index contributed by atoms with van der Waals surface area (Å²) in [6.07, 6.45) is 1.43. The van der Waals surface area contributed by atoms with Crippen molar-refractivity contribution in [3.8, 4) is 0 Å². The van der Waals surface area contributed by atoms with Crippen molar-refractivity contribution in [3.05, 3.63) is 111 Å². The number of H-pyrrole nitrogens is 1. The quantitative estimate of drug-likeness (QED) is 0.303. The van der Waals surface area contributed by atoms with Crippen molar-refractivity contribution >= 4 is 40.4 Å². The second kappa shape index (κ2) is 9.88. The first kappa shape index (κ1) is 21.9. The second-order valence-corrected chi connectivity index (χ2v) is 7.48. The highest BCUT2D eigenvalue weighted by Crippen LogP contribution is 2.20. The predicted octanol–water partition coefficient (Wildman–Crippen LogP) is 3.20. The van der Waals surface area contributed by atoms with Crippen molar-refractivity contribution in [2.75, 3.05) is 0 Å². The van der Waals surface area contributed by atoms with Crippen molar-refractivity contribution in [1.29, 1.82) is 0 Å². The fraction of sp³-hybridized carbons (Fsp3) is 0.0417. The molecule has 0 aliphatic heterocycles. The summed E-state index contributed by atoms with van der Waals surface area (Å²) in [6.45, 7) is 0. The van der Waals surface area contributed by atoms with E-state index in [0.29, 0.717) is 26.9 Å². The van der Waals surface area contributed by atoms with Crippen molar-refractivity contribution in [2.45, 2.75) is 6.04 Å². The number of nitrogens with one attached hydrogen (secondary N) is 3. The maximum Gasteiger partial charge on any atom is 0.272 e. The summed E-state index contributed by atoms with van der Waals surface area (Å²) in [6, 6.07) is 20.9. The molecule has 0 aliphatic rings. The van der Waals surface area contributed by atoms with Crippen LogP contribution in [0.25, 0.3) is 10.8 Å². The molecule has 164 valence electrons. The van der Waals surface area contributed by atoms with Gasteiger partial charge in [0.25, 0.3) is 17.4 Å². The lowest BCUT2D eigenvalue weighted by atomic mass is 10.0. The summed E-state index contributed by atoms with van der Waals surface area (Å²) < 4.78 is 0. The van der Waals surface area contributed by atoms with Crippen molar-refractivity contribution in [1.82, 2.24) is 20.9 Å². The first-order valence-corrected chi connectivity index (χ1v) is 10.3. The molecule has 9 heteroatoms. The van der Waals surface area contributed by atoms with Gasteiger partial charge in [0.1, 0.15) is 5.69 Å². The molecule has 3 aromatic carbocycles. The summed E-state index contributed by atoms with van der Waals surface area (Å²) in [5.74, 6) is -1.12. The van der Waals surface area contributed by atoms with Crippen LogP contribution in [-0.4, -0.2) is 28.2 Å². The Morgan fingerprint density at radius 1 is 0.970 bits per heavy atom. The molecule has 33 heavy (non-hydrogen) atoms. The molecule has 0 saturated carbocycles. The number of fused-ring (bicyclic) bond motifs is 1. The number of benzene rings is 3. The number of hydrazone groups is 1. The minimum absolute atomic E-state index is 0.185. The average Bonchev–Trinajstić information content (AvgIpc) is 2.84. The molecule has 2 amide bonds. The number of halogens is 1. The molecular weight excluding hydrogens is 442 g/mol. The summed E-state index contributed by atoms with van der Waals surface area (Å²) in [7, 11) is 0. The molecule has 0 radical (unpaired) electrons. The highest BCUT2D eigenvalue weighted by atomic mass is 35.5. The zero-order valence-electron chi connectivity index (χ0n) is 17.2. The average molecular weight is 460 g/mol. The van der Waals surface area contributed by atoms with Crippen LogP contribution < -0.4 is 16.3 Å². The standard InChI is InChI=1S/C24H18ClN5O3/c25-17-10-6-7-15(13-17)14-26-29-24(33)21(27-22(31)16-8-2-1-3-9-16)20-18-11-4-5-12-19(18)23(32)30-28-20/h1-14,21H,(H,27,31)(H,29,33)(H,30,32)/t21-/m0/s1. The van der Waals surface area contributed by atoms with Crippen LogP contribution in [0.1, 0.15) is 27.7 Å². The molecule has 0 aliphatic carbocycles. The Kier molecular flexibility index (Phi) is 6.56. The molecule has 1 aromatic heterocycles. The molecule has 0 unspecified atom stereocenters. The van der Waals surface area contributed by atoms with E-state index in [-0.39, 0.29) is 5.69 Å². The molecule has 4 aromatic rings. The van der Waals surface area contributed by atoms with Gasteiger partial charge in [-0.05, 0) is 35.9 Å². The Morgan fingerprint density at radius 2 is 1.70 bits per heavy atom. The number of hydrogen-bond acceptors (Lipinski definition) is 5. The van der Waals surface area contributed by atoms with Gasteiger partial charge in [0, 0.05) is 16.0 Å². The fourth-order valence-corrected chi connectivity index (χ4v) is 3.44. The molecule has 4 rings (SSSR count). The number of aromatic amines is 1. The van der Waals surface area contributed by atoms with Crippen LogP contribution in [0.3, 0.4) is 0 Å². The zero-order chi connectivity index (χ0) is 23.2. The largest absolute Gasteiger partial charge is 0.335 e. The van der Waals surface area contributed by atoms with Gasteiger partial charge >= 0.3 is 0 Å². The van der Waals surface area contributed by atoms with E-state index >= 15 is 0 Å². The Labute approximate surface area is 193 Å². The van der Waals surface area contributed by atoms with Gasteiger partial charge in [0.2, 0.25) is 0 Å². The zero-order valence-corrected chi connectivity index (χ0v) is 17.9. The lowest BCUT2D eigenvalue weighted by molar-refractivity contribution is -0.123. The molecular formula is C24H18ClN5O3. The SMILES string of the molecule is O=C(N[C@H](C(=O)NN=Cc1cccc(Cl)c1)c1n[nH]c(=O)c2ccccc12)c1ccccc1. The van der Waals surface area contributed by atoms with E-state index in [1.54, 1.807) is 78.9 Å². The van der Waals surface area contributed by atoms with Crippen LogP contribution in [0.2, 0.25) is 5.02 Å². The highest BCUT2D eigenvalue weighted by Gasteiger charge is 2.27.